The van der Waals surface area contributed by atoms with E-state index < -0.39 is 28.1 Å². The number of benzene rings is 1. The monoisotopic (exact) mass is 298 g/mol. The van der Waals surface area contributed by atoms with Gasteiger partial charge in [0.2, 0.25) is 10.0 Å². The van der Waals surface area contributed by atoms with Crippen LogP contribution in [0.15, 0.2) is 23.1 Å². The molecular weight excluding hydrogens is 284 g/mol. The van der Waals surface area contributed by atoms with Crippen LogP contribution in [-0.2, 0) is 14.8 Å². The first kappa shape index (κ1) is 16.1. The minimum atomic E-state index is -4.15. The van der Waals surface area contributed by atoms with Gasteiger partial charge in [-0.15, -0.1) is 0 Å². The van der Waals surface area contributed by atoms with E-state index in [1.54, 1.807) is 0 Å². The van der Waals surface area contributed by atoms with E-state index in [4.69, 9.17) is 10.4 Å². The van der Waals surface area contributed by atoms with Crippen molar-refractivity contribution in [3.63, 3.8) is 0 Å². The van der Waals surface area contributed by atoms with Gasteiger partial charge >= 0.3 is 5.97 Å². The number of nitriles is 1. The van der Waals surface area contributed by atoms with E-state index >= 15 is 0 Å². The molecule has 0 saturated carbocycles. The summed E-state index contributed by atoms with van der Waals surface area (Å²) in [5.41, 5.74) is 0.506. The molecule has 0 aliphatic carbocycles. The maximum absolute atomic E-state index is 12.1. The number of carboxylic acids is 1. The van der Waals surface area contributed by atoms with Crippen molar-refractivity contribution in [2.24, 2.45) is 0 Å². The number of aryl methyl sites for hydroxylation is 1. The lowest BCUT2D eigenvalue weighted by Crippen LogP contribution is -2.47. The van der Waals surface area contributed by atoms with Crippen molar-refractivity contribution >= 4 is 16.0 Å². The fourth-order valence-corrected chi connectivity index (χ4v) is 3.08. The molecule has 2 unspecified atom stereocenters. The lowest BCUT2D eigenvalue weighted by Gasteiger charge is -2.18. The molecule has 108 valence electrons. The molecule has 0 spiro atoms. The van der Waals surface area contributed by atoms with Gasteiger partial charge in [-0.25, -0.2) is 8.42 Å². The predicted molar refractivity (Wildman–Crippen MR) is 69.3 cm³/mol. The Morgan fingerprint density at radius 1 is 1.45 bits per heavy atom. The molecule has 0 fully saturated rings. The maximum Gasteiger partial charge on any atom is 0.324 e. The van der Waals surface area contributed by atoms with Crippen LogP contribution in [0, 0.1) is 18.3 Å². The quantitative estimate of drug-likeness (QED) is 0.701. The molecule has 7 nitrogen and oxygen atoms in total. The van der Waals surface area contributed by atoms with Gasteiger partial charge in [-0.3, -0.25) is 4.79 Å². The Labute approximate surface area is 116 Å². The van der Waals surface area contributed by atoms with Gasteiger partial charge < -0.3 is 10.2 Å². The number of rotatable bonds is 5. The average Bonchev–Trinajstić information content (AvgIpc) is 2.35. The smallest absolute Gasteiger partial charge is 0.324 e. The molecule has 0 saturated heterocycles. The van der Waals surface area contributed by atoms with E-state index in [9.17, 15) is 18.3 Å². The van der Waals surface area contributed by atoms with Crippen molar-refractivity contribution in [2.75, 3.05) is 0 Å². The summed E-state index contributed by atoms with van der Waals surface area (Å²) >= 11 is 0. The van der Waals surface area contributed by atoms with Gasteiger partial charge in [0.25, 0.3) is 0 Å². The molecule has 0 aromatic heterocycles. The van der Waals surface area contributed by atoms with Gasteiger partial charge in [-0.05, 0) is 31.5 Å². The largest absolute Gasteiger partial charge is 0.480 e. The summed E-state index contributed by atoms with van der Waals surface area (Å²) < 4.78 is 26.2. The molecule has 0 radical (unpaired) electrons. The minimum Gasteiger partial charge on any atom is -0.480 e. The van der Waals surface area contributed by atoms with Crippen molar-refractivity contribution < 1.29 is 23.4 Å². The van der Waals surface area contributed by atoms with Crippen molar-refractivity contribution in [1.29, 1.82) is 5.26 Å². The molecule has 0 aliphatic heterocycles. The van der Waals surface area contributed by atoms with Gasteiger partial charge in [0, 0.05) is 0 Å². The number of hydrogen-bond acceptors (Lipinski definition) is 5. The number of aliphatic hydroxyl groups is 1. The minimum absolute atomic E-state index is 0.139. The first-order valence-corrected chi connectivity index (χ1v) is 7.11. The van der Waals surface area contributed by atoms with Crippen LogP contribution in [0.5, 0.6) is 0 Å². The highest BCUT2D eigenvalue weighted by molar-refractivity contribution is 7.89. The molecular formula is C12H14N2O5S. The Morgan fingerprint density at radius 2 is 2.05 bits per heavy atom. The second kappa shape index (κ2) is 6.00. The van der Waals surface area contributed by atoms with E-state index in [-0.39, 0.29) is 10.5 Å². The highest BCUT2D eigenvalue weighted by atomic mass is 32.2. The Hall–Kier alpha value is -1.95. The van der Waals surface area contributed by atoms with Gasteiger partial charge in [-0.2, -0.15) is 9.98 Å². The van der Waals surface area contributed by atoms with E-state index in [0.29, 0.717) is 5.56 Å². The summed E-state index contributed by atoms with van der Waals surface area (Å²) in [7, 11) is -4.15. The van der Waals surface area contributed by atoms with Crippen LogP contribution in [0.4, 0.5) is 0 Å². The highest BCUT2D eigenvalue weighted by Crippen LogP contribution is 2.17. The second-order valence-electron chi connectivity index (χ2n) is 4.27. The second-order valence-corrected chi connectivity index (χ2v) is 5.95. The Morgan fingerprint density at radius 3 is 2.50 bits per heavy atom. The van der Waals surface area contributed by atoms with E-state index in [0.717, 1.165) is 6.07 Å². The molecule has 0 amide bonds. The van der Waals surface area contributed by atoms with Crippen LogP contribution in [-0.4, -0.2) is 36.7 Å². The van der Waals surface area contributed by atoms with E-state index in [1.807, 2.05) is 10.8 Å². The van der Waals surface area contributed by atoms with E-state index in [2.05, 4.69) is 0 Å². The third-order valence-corrected chi connectivity index (χ3v) is 4.22. The fourth-order valence-electron chi connectivity index (χ4n) is 1.55. The molecule has 0 heterocycles. The van der Waals surface area contributed by atoms with Gasteiger partial charge in [-0.1, -0.05) is 6.07 Å². The van der Waals surface area contributed by atoms with Gasteiger partial charge in [0.1, 0.15) is 6.04 Å². The zero-order valence-electron chi connectivity index (χ0n) is 10.9. The van der Waals surface area contributed by atoms with Gasteiger partial charge in [0.15, 0.2) is 0 Å². The van der Waals surface area contributed by atoms with Crippen LogP contribution in [0.25, 0.3) is 0 Å². The molecule has 8 heteroatoms. The molecule has 0 aliphatic rings. The standard InChI is InChI=1S/C12H14N2O5S/c1-7-3-4-9(6-13)5-10(7)20(18,19)14-11(8(2)15)12(16)17/h3-5,8,11,14-15H,1-2H3,(H,16,17). The van der Waals surface area contributed by atoms with Crippen LogP contribution < -0.4 is 4.72 Å². The van der Waals surface area contributed by atoms with Crippen LogP contribution in [0.3, 0.4) is 0 Å². The number of nitrogens with one attached hydrogen (secondary N) is 1. The number of carbonyl (C=O) groups is 1. The maximum atomic E-state index is 12.1. The summed E-state index contributed by atoms with van der Waals surface area (Å²) in [6.07, 6.45) is -1.40. The topological polar surface area (TPSA) is 127 Å². The highest BCUT2D eigenvalue weighted by Gasteiger charge is 2.30. The molecule has 2 atom stereocenters. The molecule has 1 aromatic rings. The number of aliphatic carboxylic acids is 1. The molecule has 0 bridgehead atoms. The number of hydrogen-bond donors (Lipinski definition) is 3. The normalized spacial score (nSPS) is 14.3. The number of aliphatic hydroxyl groups excluding tert-OH is 1. The first-order valence-electron chi connectivity index (χ1n) is 5.63. The zero-order chi connectivity index (χ0) is 15.5. The first-order chi connectivity index (χ1) is 9.19. The van der Waals surface area contributed by atoms with Crippen molar-refractivity contribution in [2.45, 2.75) is 30.9 Å². The zero-order valence-corrected chi connectivity index (χ0v) is 11.7. The summed E-state index contributed by atoms with van der Waals surface area (Å²) in [5, 5.41) is 27.0. The molecule has 20 heavy (non-hydrogen) atoms. The number of sulfonamides is 1. The van der Waals surface area contributed by atoms with Crippen LogP contribution in [0.2, 0.25) is 0 Å². The molecule has 1 rings (SSSR count). The average molecular weight is 298 g/mol. The summed E-state index contributed by atoms with van der Waals surface area (Å²) in [5.74, 6) is -1.49. The lowest BCUT2D eigenvalue weighted by atomic mass is 10.2. The third-order valence-electron chi connectivity index (χ3n) is 2.64. The fraction of sp³-hybridized carbons (Fsp3) is 0.333. The summed E-state index contributed by atoms with van der Waals surface area (Å²) in [6.45, 7) is 2.69. The van der Waals surface area contributed by atoms with Crippen molar-refractivity contribution in [3.8, 4) is 6.07 Å². The van der Waals surface area contributed by atoms with Crippen LogP contribution in [0.1, 0.15) is 18.1 Å². The van der Waals surface area contributed by atoms with Crippen LogP contribution >= 0.6 is 0 Å². The number of nitrogens with zero attached hydrogens (tertiary/aromatic N) is 1. The van der Waals surface area contributed by atoms with Gasteiger partial charge in [0.05, 0.1) is 22.6 Å². The summed E-state index contributed by atoms with van der Waals surface area (Å²) in [6, 6.07) is 4.20. The number of carboxylic acid groups (broad SMARTS) is 1. The molecule has 1 aromatic carbocycles. The van der Waals surface area contributed by atoms with Crippen molar-refractivity contribution in [1.82, 2.24) is 4.72 Å². The predicted octanol–water partition coefficient (Wildman–Crippen LogP) is -0.0210. The molecule has 3 N–H and O–H groups in total. The Kier molecular flexibility index (Phi) is 4.83. The Balaban J connectivity index is 3.24. The SMILES string of the molecule is Cc1ccc(C#N)cc1S(=O)(=O)NC(C(=O)O)C(C)O. The Bertz CT molecular complexity index is 661. The van der Waals surface area contributed by atoms with E-state index in [1.165, 1.54) is 26.0 Å². The summed E-state index contributed by atoms with van der Waals surface area (Å²) in [4.78, 5) is 10.7. The van der Waals surface area contributed by atoms with Crippen molar-refractivity contribution in [3.05, 3.63) is 29.3 Å². The lowest BCUT2D eigenvalue weighted by molar-refractivity contribution is -0.141. The third kappa shape index (κ3) is 3.54.